The number of fused-ring (bicyclic) bond motifs is 1. The Morgan fingerprint density at radius 3 is 2.85 bits per heavy atom. The van der Waals surface area contributed by atoms with Gasteiger partial charge in [-0.2, -0.15) is 4.98 Å². The van der Waals surface area contributed by atoms with Crippen molar-refractivity contribution in [1.29, 1.82) is 0 Å². The summed E-state index contributed by atoms with van der Waals surface area (Å²) in [6.07, 6.45) is 1.02. The zero-order valence-electron chi connectivity index (χ0n) is 18.4. The van der Waals surface area contributed by atoms with Gasteiger partial charge in [-0.1, -0.05) is 34.5 Å². The minimum atomic E-state index is -0.627. The summed E-state index contributed by atoms with van der Waals surface area (Å²) in [7, 11) is 3.13. The molecule has 0 atom stereocenters. The van der Waals surface area contributed by atoms with Crippen molar-refractivity contribution < 1.29 is 19.1 Å². The number of carbonyl (C=O) groups is 2. The largest absolute Gasteiger partial charge is 0.449 e. The van der Waals surface area contributed by atoms with Gasteiger partial charge in [-0.05, 0) is 30.7 Å². The minimum absolute atomic E-state index is 0.261. The highest BCUT2D eigenvalue weighted by Crippen LogP contribution is 2.44. The van der Waals surface area contributed by atoms with Crippen molar-refractivity contribution in [3.05, 3.63) is 44.9 Å². The quantitative estimate of drug-likeness (QED) is 0.402. The minimum Gasteiger partial charge on any atom is -0.449 e. The third kappa shape index (κ3) is 4.96. The van der Waals surface area contributed by atoms with Crippen molar-refractivity contribution >= 4 is 75.6 Å². The van der Waals surface area contributed by atoms with E-state index in [1.54, 1.807) is 14.0 Å². The molecule has 0 saturated heterocycles. The second-order valence-corrected chi connectivity index (χ2v) is 9.20. The molecule has 0 aliphatic carbocycles. The molecule has 1 aliphatic rings. The summed E-state index contributed by atoms with van der Waals surface area (Å²) < 4.78 is 10.9. The van der Waals surface area contributed by atoms with E-state index >= 15 is 0 Å². The van der Waals surface area contributed by atoms with Gasteiger partial charge < -0.3 is 25.4 Å². The van der Waals surface area contributed by atoms with Crippen LogP contribution in [-0.2, 0) is 11.2 Å². The molecule has 1 aromatic carbocycles. The molecular formula is C21H20Cl2N6O4S. The number of hydrogen-bond donors (Lipinski definition) is 3. The van der Waals surface area contributed by atoms with E-state index in [4.69, 9.17) is 32.7 Å². The van der Waals surface area contributed by atoms with Crippen LogP contribution in [0.25, 0.3) is 0 Å². The summed E-state index contributed by atoms with van der Waals surface area (Å²) in [5, 5.41) is 9.17. The second kappa shape index (κ2) is 9.92. The third-order valence-corrected chi connectivity index (χ3v) is 6.75. The number of cyclic esters (lactones) is 1. The number of rotatable bonds is 5. The van der Waals surface area contributed by atoms with Crippen LogP contribution in [0, 0.1) is 6.92 Å². The third-order valence-electron chi connectivity index (χ3n) is 5.00. The number of nitrogens with zero attached hydrogens (tertiary/aromatic N) is 3. The van der Waals surface area contributed by atoms with Crippen molar-refractivity contribution in [2.24, 2.45) is 0 Å². The van der Waals surface area contributed by atoms with E-state index in [2.05, 4.69) is 25.9 Å². The van der Waals surface area contributed by atoms with E-state index in [0.717, 1.165) is 28.3 Å². The Morgan fingerprint density at radius 1 is 1.29 bits per heavy atom. The Hall–Kier alpha value is -3.28. The van der Waals surface area contributed by atoms with E-state index in [1.165, 1.54) is 18.1 Å². The van der Waals surface area contributed by atoms with Crippen LogP contribution in [0.3, 0.4) is 0 Å². The number of thiophene rings is 1. The molecule has 2 aromatic heterocycles. The number of benzene rings is 1. The van der Waals surface area contributed by atoms with Crippen LogP contribution in [0.15, 0.2) is 24.4 Å². The van der Waals surface area contributed by atoms with Gasteiger partial charge in [0.2, 0.25) is 11.0 Å². The zero-order valence-corrected chi connectivity index (χ0v) is 20.7. The van der Waals surface area contributed by atoms with Gasteiger partial charge in [-0.25, -0.2) is 14.6 Å². The van der Waals surface area contributed by atoms with Gasteiger partial charge in [-0.3, -0.25) is 4.90 Å². The van der Waals surface area contributed by atoms with E-state index in [9.17, 15) is 9.59 Å². The number of halogens is 2. The van der Waals surface area contributed by atoms with Crippen LogP contribution in [0.5, 0.6) is 5.06 Å². The summed E-state index contributed by atoms with van der Waals surface area (Å²) >= 11 is 13.7. The van der Waals surface area contributed by atoms with Crippen LogP contribution in [0.2, 0.25) is 9.36 Å². The van der Waals surface area contributed by atoms with E-state index in [0.29, 0.717) is 34.4 Å². The summed E-state index contributed by atoms with van der Waals surface area (Å²) in [5.41, 5.74) is 3.61. The fraction of sp³-hybridized carbons (Fsp3) is 0.238. The number of amides is 2. The number of hydrogen-bond acceptors (Lipinski definition) is 9. The van der Waals surface area contributed by atoms with Crippen LogP contribution in [-0.4, -0.2) is 42.9 Å². The van der Waals surface area contributed by atoms with Crippen LogP contribution < -0.4 is 25.6 Å². The van der Waals surface area contributed by atoms with Gasteiger partial charge in [0.15, 0.2) is 5.82 Å². The number of ether oxygens (including phenoxy) is 2. The molecule has 2 amide bonds. The van der Waals surface area contributed by atoms with Crippen LogP contribution >= 0.6 is 34.5 Å². The van der Waals surface area contributed by atoms with E-state index in [-0.39, 0.29) is 22.1 Å². The first kappa shape index (κ1) is 23.9. The Labute approximate surface area is 209 Å². The Balaban J connectivity index is 1.59. The topological polar surface area (TPSA) is 118 Å². The maximum absolute atomic E-state index is 11.9. The normalized spacial score (nSPS) is 13.0. The van der Waals surface area contributed by atoms with Gasteiger partial charge in [0.1, 0.15) is 9.36 Å². The second-order valence-electron chi connectivity index (χ2n) is 7.21. The SMILES string of the molecule is CNC(=O)Oc1sc(Cl)c(C)c1Nc1nc(Nc2ccc3c(c2)CCOC(=O)N3C)ncc1Cl. The van der Waals surface area contributed by atoms with Gasteiger partial charge in [0, 0.05) is 31.8 Å². The molecule has 3 heterocycles. The fourth-order valence-corrected chi connectivity index (χ4v) is 4.49. The van der Waals surface area contributed by atoms with Crippen molar-refractivity contribution in [1.82, 2.24) is 15.3 Å². The van der Waals surface area contributed by atoms with Crippen LogP contribution in [0.4, 0.5) is 38.4 Å². The molecule has 1 aliphatic heterocycles. The average Bonchev–Trinajstić information content (AvgIpc) is 2.98. The lowest BCUT2D eigenvalue weighted by atomic mass is 10.1. The molecule has 0 unspecified atom stereocenters. The monoisotopic (exact) mass is 522 g/mol. The van der Waals surface area contributed by atoms with Crippen LogP contribution in [0.1, 0.15) is 11.1 Å². The molecule has 0 bridgehead atoms. The molecular weight excluding hydrogens is 503 g/mol. The molecule has 178 valence electrons. The van der Waals surface area contributed by atoms with E-state index in [1.807, 2.05) is 18.2 Å². The molecule has 13 heteroatoms. The van der Waals surface area contributed by atoms with Crippen molar-refractivity contribution in [3.63, 3.8) is 0 Å². The molecule has 0 fully saturated rings. The summed E-state index contributed by atoms with van der Waals surface area (Å²) in [5.74, 6) is 0.584. The zero-order chi connectivity index (χ0) is 24.4. The lowest BCUT2D eigenvalue weighted by Gasteiger charge is -2.17. The van der Waals surface area contributed by atoms with Gasteiger partial charge in [-0.15, -0.1) is 0 Å². The number of anilines is 5. The highest BCUT2D eigenvalue weighted by molar-refractivity contribution is 7.18. The molecule has 3 N–H and O–H groups in total. The van der Waals surface area contributed by atoms with Gasteiger partial charge >= 0.3 is 12.2 Å². The first-order valence-electron chi connectivity index (χ1n) is 10.0. The molecule has 4 rings (SSSR count). The highest BCUT2D eigenvalue weighted by Gasteiger charge is 2.21. The predicted molar refractivity (Wildman–Crippen MR) is 133 cm³/mol. The molecule has 10 nitrogen and oxygen atoms in total. The number of nitrogens with one attached hydrogen (secondary N) is 3. The number of aromatic nitrogens is 2. The van der Waals surface area contributed by atoms with Crippen molar-refractivity contribution in [2.45, 2.75) is 13.3 Å². The summed E-state index contributed by atoms with van der Waals surface area (Å²) in [6.45, 7) is 2.08. The van der Waals surface area contributed by atoms with Gasteiger partial charge in [0.25, 0.3) is 0 Å². The fourth-order valence-electron chi connectivity index (χ4n) is 3.21. The predicted octanol–water partition coefficient (Wildman–Crippen LogP) is 5.49. The average molecular weight is 523 g/mol. The maximum atomic E-state index is 11.9. The molecule has 0 radical (unpaired) electrons. The summed E-state index contributed by atoms with van der Waals surface area (Å²) in [6, 6.07) is 5.56. The van der Waals surface area contributed by atoms with Gasteiger partial charge in [0.05, 0.1) is 24.2 Å². The van der Waals surface area contributed by atoms with Crippen molar-refractivity contribution in [3.8, 4) is 5.06 Å². The molecule has 3 aromatic rings. The smallest absolute Gasteiger partial charge is 0.414 e. The van der Waals surface area contributed by atoms with Crippen molar-refractivity contribution in [2.75, 3.05) is 36.2 Å². The lowest BCUT2D eigenvalue weighted by molar-refractivity contribution is 0.159. The lowest BCUT2D eigenvalue weighted by Crippen LogP contribution is -2.25. The first-order chi connectivity index (χ1) is 16.3. The molecule has 34 heavy (non-hydrogen) atoms. The summed E-state index contributed by atoms with van der Waals surface area (Å²) in [4.78, 5) is 33.8. The number of carbonyl (C=O) groups excluding carboxylic acids is 2. The first-order valence-corrected chi connectivity index (χ1v) is 11.6. The maximum Gasteiger partial charge on any atom is 0.414 e. The van der Waals surface area contributed by atoms with E-state index < -0.39 is 6.09 Å². The Morgan fingerprint density at radius 2 is 2.09 bits per heavy atom. The molecule has 0 saturated carbocycles. The standard InChI is InChI=1S/C21H20Cl2N6O4S/c1-10-15(18(34-16(10)23)33-20(30)24-2)27-17-13(22)9-25-19(28-17)26-12-4-5-14-11(8-12)6-7-32-21(31)29(14)3/h4-5,8-9H,6-7H2,1-3H3,(H,24,30)(H2,25,26,27,28). The molecule has 0 spiro atoms. The Kier molecular flexibility index (Phi) is 6.96. The highest BCUT2D eigenvalue weighted by atomic mass is 35.5. The Bertz CT molecular complexity index is 1270.